The first-order chi connectivity index (χ1) is 14.6. The third-order valence-corrected chi connectivity index (χ3v) is 6.13. The van der Waals surface area contributed by atoms with E-state index in [-0.39, 0.29) is 18.2 Å². The topological polar surface area (TPSA) is 81.8 Å². The molecular formula is C23H28N4O3. The monoisotopic (exact) mass is 408 g/mol. The van der Waals surface area contributed by atoms with Crippen molar-refractivity contribution in [2.75, 3.05) is 24.5 Å². The van der Waals surface area contributed by atoms with E-state index >= 15 is 0 Å². The molecule has 0 radical (unpaired) electrons. The molecule has 2 aromatic rings. The van der Waals surface area contributed by atoms with Crippen molar-refractivity contribution >= 4 is 34.3 Å². The highest BCUT2D eigenvalue weighted by molar-refractivity contribution is 6.24. The van der Waals surface area contributed by atoms with Crippen molar-refractivity contribution < 1.29 is 14.4 Å². The fourth-order valence-corrected chi connectivity index (χ4v) is 4.50. The molecule has 2 aliphatic rings. The predicted molar refractivity (Wildman–Crippen MR) is 116 cm³/mol. The van der Waals surface area contributed by atoms with Crippen LogP contribution >= 0.6 is 0 Å². The van der Waals surface area contributed by atoms with Gasteiger partial charge in [-0.25, -0.2) is 9.69 Å². The molecule has 158 valence electrons. The second-order valence-electron chi connectivity index (χ2n) is 7.94. The Balaban J connectivity index is 1.35. The van der Waals surface area contributed by atoms with Gasteiger partial charge in [0, 0.05) is 24.4 Å². The lowest BCUT2D eigenvalue weighted by molar-refractivity contribution is -0.122. The molecule has 7 nitrogen and oxygen atoms in total. The zero-order chi connectivity index (χ0) is 21.1. The number of anilines is 1. The molecular weight excluding hydrogens is 380 g/mol. The summed E-state index contributed by atoms with van der Waals surface area (Å²) in [5.74, 6) is -0.388. The number of imide groups is 1. The van der Waals surface area contributed by atoms with Crippen molar-refractivity contribution in [3.63, 3.8) is 0 Å². The van der Waals surface area contributed by atoms with Gasteiger partial charge in [0.15, 0.2) is 0 Å². The molecule has 0 bridgehead atoms. The maximum Gasteiger partial charge on any atom is 0.329 e. The van der Waals surface area contributed by atoms with Crippen LogP contribution in [0, 0.1) is 0 Å². The van der Waals surface area contributed by atoms with Gasteiger partial charge in [-0.3, -0.25) is 14.5 Å². The lowest BCUT2D eigenvalue weighted by Crippen LogP contribution is -2.40. The Morgan fingerprint density at radius 1 is 1.17 bits per heavy atom. The summed E-state index contributed by atoms with van der Waals surface area (Å²) >= 11 is 0. The second-order valence-corrected chi connectivity index (χ2v) is 7.94. The van der Waals surface area contributed by atoms with E-state index in [1.54, 1.807) is 6.07 Å². The zero-order valence-electron chi connectivity index (χ0n) is 17.3. The number of urea groups is 1. The van der Waals surface area contributed by atoms with Crippen LogP contribution in [0.25, 0.3) is 10.8 Å². The minimum atomic E-state index is -0.680. The Hall–Kier alpha value is -2.93. The molecule has 0 saturated carbocycles. The molecule has 2 aliphatic heterocycles. The number of benzene rings is 2. The third-order valence-electron chi connectivity index (χ3n) is 6.13. The smallest absolute Gasteiger partial charge is 0.329 e. The van der Waals surface area contributed by atoms with Gasteiger partial charge in [-0.1, -0.05) is 43.3 Å². The second kappa shape index (κ2) is 8.83. The molecule has 0 unspecified atom stereocenters. The summed E-state index contributed by atoms with van der Waals surface area (Å²) in [4.78, 5) is 41.3. The molecule has 2 fully saturated rings. The molecule has 2 N–H and O–H groups in total. The molecule has 2 saturated heterocycles. The summed E-state index contributed by atoms with van der Waals surface area (Å²) in [6.45, 7) is 4.85. The van der Waals surface area contributed by atoms with Crippen LogP contribution in [0.15, 0.2) is 42.5 Å². The van der Waals surface area contributed by atoms with Crippen LogP contribution in [0.3, 0.4) is 0 Å². The number of nitrogens with one attached hydrogen (secondary N) is 2. The summed E-state index contributed by atoms with van der Waals surface area (Å²) < 4.78 is 0. The lowest BCUT2D eigenvalue weighted by Gasteiger charge is -2.22. The highest BCUT2D eigenvalue weighted by Gasteiger charge is 2.39. The maximum atomic E-state index is 12.9. The van der Waals surface area contributed by atoms with E-state index in [0.29, 0.717) is 24.7 Å². The molecule has 0 aromatic heterocycles. The van der Waals surface area contributed by atoms with E-state index < -0.39 is 12.1 Å². The van der Waals surface area contributed by atoms with Crippen LogP contribution in [-0.4, -0.2) is 54.5 Å². The number of amides is 4. The summed E-state index contributed by atoms with van der Waals surface area (Å²) in [6.07, 6.45) is 2.77. The van der Waals surface area contributed by atoms with Gasteiger partial charge in [-0.15, -0.1) is 0 Å². The van der Waals surface area contributed by atoms with Gasteiger partial charge < -0.3 is 10.6 Å². The van der Waals surface area contributed by atoms with Gasteiger partial charge in [-0.05, 0) is 43.8 Å². The predicted octanol–water partition coefficient (Wildman–Crippen LogP) is 2.65. The largest absolute Gasteiger partial charge is 0.355 e. The minimum absolute atomic E-state index is 0.0800. The molecule has 30 heavy (non-hydrogen) atoms. The van der Waals surface area contributed by atoms with Crippen molar-refractivity contribution in [1.29, 1.82) is 0 Å². The molecule has 7 heteroatoms. The van der Waals surface area contributed by atoms with Crippen LogP contribution in [0.2, 0.25) is 0 Å². The normalized spacial score (nSPS) is 22.0. The Morgan fingerprint density at radius 3 is 2.80 bits per heavy atom. The Bertz CT molecular complexity index is 955. The van der Waals surface area contributed by atoms with Gasteiger partial charge in [0.05, 0.1) is 5.69 Å². The highest BCUT2D eigenvalue weighted by Crippen LogP contribution is 2.29. The van der Waals surface area contributed by atoms with Gasteiger partial charge in [0.25, 0.3) is 5.91 Å². The molecule has 0 aliphatic carbocycles. The number of likely N-dealkylation sites (N-methyl/N-ethyl adjacent to an activating group) is 1. The Kier molecular flexibility index (Phi) is 5.99. The molecule has 2 heterocycles. The van der Waals surface area contributed by atoms with E-state index in [1.165, 1.54) is 11.3 Å². The summed E-state index contributed by atoms with van der Waals surface area (Å²) in [6, 6.07) is 12.5. The minimum Gasteiger partial charge on any atom is -0.355 e. The van der Waals surface area contributed by atoms with E-state index in [0.717, 1.165) is 30.3 Å². The molecule has 2 atom stereocenters. The highest BCUT2D eigenvalue weighted by atomic mass is 16.2. The van der Waals surface area contributed by atoms with Crippen LogP contribution < -0.4 is 15.5 Å². The Morgan fingerprint density at radius 2 is 1.97 bits per heavy atom. The Labute approximate surface area is 176 Å². The van der Waals surface area contributed by atoms with E-state index in [1.807, 2.05) is 36.4 Å². The van der Waals surface area contributed by atoms with E-state index in [2.05, 4.69) is 22.5 Å². The quantitative estimate of drug-likeness (QED) is 0.690. The van der Waals surface area contributed by atoms with Crippen molar-refractivity contribution in [2.45, 2.75) is 44.7 Å². The summed E-state index contributed by atoms with van der Waals surface area (Å²) in [7, 11) is 0. The van der Waals surface area contributed by atoms with Crippen molar-refractivity contribution in [3.8, 4) is 0 Å². The SMILES string of the molecule is CCN1CCC[C@H]1CNC(=O)CC[C@H]1NC(=O)N(c2cccc3ccccc23)C1=O. The van der Waals surface area contributed by atoms with Crippen LogP contribution in [-0.2, 0) is 9.59 Å². The van der Waals surface area contributed by atoms with Crippen LogP contribution in [0.1, 0.15) is 32.6 Å². The third kappa shape index (κ3) is 4.03. The molecule has 4 rings (SSSR count). The average Bonchev–Trinajstić information content (AvgIpc) is 3.33. The van der Waals surface area contributed by atoms with Gasteiger partial charge in [0.1, 0.15) is 6.04 Å². The van der Waals surface area contributed by atoms with Crippen molar-refractivity contribution in [2.24, 2.45) is 0 Å². The lowest BCUT2D eigenvalue weighted by atomic mass is 10.1. The zero-order valence-corrected chi connectivity index (χ0v) is 17.3. The van der Waals surface area contributed by atoms with Gasteiger partial charge >= 0.3 is 6.03 Å². The number of carbonyl (C=O) groups excluding carboxylic acids is 3. The van der Waals surface area contributed by atoms with Gasteiger partial charge in [-0.2, -0.15) is 0 Å². The number of fused-ring (bicyclic) bond motifs is 1. The first-order valence-electron chi connectivity index (χ1n) is 10.7. The average molecular weight is 409 g/mol. The number of nitrogens with zero attached hydrogens (tertiary/aromatic N) is 2. The number of hydrogen-bond acceptors (Lipinski definition) is 4. The summed E-state index contributed by atoms with van der Waals surface area (Å²) in [5.41, 5.74) is 0.573. The molecule has 0 spiro atoms. The number of hydrogen-bond donors (Lipinski definition) is 2. The van der Waals surface area contributed by atoms with E-state index in [9.17, 15) is 14.4 Å². The fraction of sp³-hybridized carbons (Fsp3) is 0.435. The molecule has 4 amide bonds. The van der Waals surface area contributed by atoms with Crippen molar-refractivity contribution in [1.82, 2.24) is 15.5 Å². The maximum absolute atomic E-state index is 12.9. The standard InChI is InChI=1S/C23H28N4O3/c1-2-26-14-6-9-17(26)15-24-21(28)13-12-19-22(29)27(23(30)25-19)20-11-5-8-16-7-3-4-10-18(16)20/h3-5,7-8,10-11,17,19H,2,6,9,12-15H2,1H3,(H,24,28)(H,25,30)/t17-,19+/m0/s1. The van der Waals surface area contributed by atoms with Gasteiger partial charge in [0.2, 0.25) is 5.91 Å². The van der Waals surface area contributed by atoms with Crippen LogP contribution in [0.5, 0.6) is 0 Å². The number of rotatable bonds is 7. The first kappa shape index (κ1) is 20.3. The van der Waals surface area contributed by atoms with Crippen LogP contribution in [0.4, 0.5) is 10.5 Å². The first-order valence-corrected chi connectivity index (χ1v) is 10.7. The number of likely N-dealkylation sites (tertiary alicyclic amines) is 1. The van der Waals surface area contributed by atoms with E-state index in [4.69, 9.17) is 0 Å². The van der Waals surface area contributed by atoms with Crippen molar-refractivity contribution in [3.05, 3.63) is 42.5 Å². The number of carbonyl (C=O) groups is 3. The fourth-order valence-electron chi connectivity index (χ4n) is 4.50. The molecule has 2 aromatic carbocycles. The summed E-state index contributed by atoms with van der Waals surface area (Å²) in [5, 5.41) is 7.53.